The van der Waals surface area contributed by atoms with Gasteiger partial charge in [-0.2, -0.15) is 0 Å². The van der Waals surface area contributed by atoms with Crippen molar-refractivity contribution in [3.8, 4) is 28.3 Å². The maximum Gasteiger partial charge on any atom is 0.223 e. The molecular formula is C31H41Cl2N5O2. The van der Waals surface area contributed by atoms with Gasteiger partial charge in [0.2, 0.25) is 5.91 Å². The Morgan fingerprint density at radius 1 is 1.07 bits per heavy atom. The Kier molecular flexibility index (Phi) is 10.1. The second-order valence-corrected chi connectivity index (χ2v) is 12.3. The standard InChI is InChI=1S/C31H40ClN5O2.ClH/c1-31(2,20-34-29(39)23-12-16-37(17-13-23)19-21-6-4-3-5-7-21)30-35-27(22-10-14-33-15-11-22)28(36-30)24-8-9-25(32)26(38)18-24;/h8-11,14-15,18,21,23,38H,3-7,12-13,16-17,19-20H2,1-2H3,(H,34,39)(H,35,36);1H. The molecule has 40 heavy (non-hydrogen) atoms. The van der Waals surface area contributed by atoms with Crippen molar-refractivity contribution < 1.29 is 9.90 Å². The van der Waals surface area contributed by atoms with Crippen molar-refractivity contribution in [2.45, 2.75) is 64.2 Å². The first-order valence-corrected chi connectivity index (χ1v) is 14.7. The first-order valence-electron chi connectivity index (χ1n) is 14.3. The van der Waals surface area contributed by atoms with Gasteiger partial charge in [-0.05, 0) is 69.0 Å². The SMILES string of the molecule is CC(C)(CNC(=O)C1CCN(CC2CCCCC2)CC1)c1nc(-c2ccc(Cl)c(O)c2)c(-c2ccncc2)[nH]1.Cl. The topological polar surface area (TPSA) is 94.1 Å². The molecule has 2 fully saturated rings. The number of H-pyrrole nitrogens is 1. The molecule has 1 amide bonds. The quantitative estimate of drug-likeness (QED) is 0.276. The maximum absolute atomic E-state index is 13.1. The first-order chi connectivity index (χ1) is 18.8. The summed E-state index contributed by atoms with van der Waals surface area (Å²) in [6, 6.07) is 8.99. The molecule has 1 aromatic carbocycles. The molecule has 3 heterocycles. The molecule has 9 heteroatoms. The zero-order valence-electron chi connectivity index (χ0n) is 23.5. The number of pyridine rings is 1. The molecular weight excluding hydrogens is 545 g/mol. The van der Waals surface area contributed by atoms with Crippen molar-refractivity contribution in [1.29, 1.82) is 0 Å². The molecule has 0 atom stereocenters. The van der Waals surface area contributed by atoms with Crippen LogP contribution in [0.5, 0.6) is 5.75 Å². The molecule has 1 saturated heterocycles. The number of aromatic amines is 1. The smallest absolute Gasteiger partial charge is 0.223 e. The van der Waals surface area contributed by atoms with Crippen LogP contribution in [0.25, 0.3) is 22.5 Å². The fraction of sp³-hybridized carbons (Fsp3) is 0.516. The average molecular weight is 587 g/mol. The van der Waals surface area contributed by atoms with Crippen LogP contribution in [-0.2, 0) is 10.2 Å². The number of piperidine rings is 1. The van der Waals surface area contributed by atoms with Crippen molar-refractivity contribution in [2.75, 3.05) is 26.2 Å². The van der Waals surface area contributed by atoms with Crippen LogP contribution in [0, 0.1) is 11.8 Å². The van der Waals surface area contributed by atoms with Crippen LogP contribution in [0.1, 0.15) is 64.6 Å². The van der Waals surface area contributed by atoms with E-state index in [1.807, 2.05) is 18.2 Å². The van der Waals surface area contributed by atoms with E-state index in [9.17, 15) is 9.90 Å². The summed E-state index contributed by atoms with van der Waals surface area (Å²) >= 11 is 6.06. The number of hydrogen-bond donors (Lipinski definition) is 3. The number of likely N-dealkylation sites (tertiary alicyclic amines) is 1. The summed E-state index contributed by atoms with van der Waals surface area (Å²) in [5.74, 6) is 1.83. The van der Waals surface area contributed by atoms with E-state index in [4.69, 9.17) is 16.6 Å². The molecule has 2 aliphatic rings. The lowest BCUT2D eigenvalue weighted by atomic mass is 9.87. The van der Waals surface area contributed by atoms with E-state index in [1.165, 1.54) is 38.6 Å². The molecule has 3 N–H and O–H groups in total. The van der Waals surface area contributed by atoms with Gasteiger partial charge in [-0.1, -0.05) is 50.8 Å². The van der Waals surface area contributed by atoms with E-state index in [1.54, 1.807) is 24.5 Å². The van der Waals surface area contributed by atoms with Crippen molar-refractivity contribution >= 4 is 29.9 Å². The number of phenols is 1. The second kappa shape index (κ2) is 13.4. The van der Waals surface area contributed by atoms with Gasteiger partial charge >= 0.3 is 0 Å². The van der Waals surface area contributed by atoms with Crippen LogP contribution in [0.3, 0.4) is 0 Å². The largest absolute Gasteiger partial charge is 0.506 e. The van der Waals surface area contributed by atoms with Gasteiger partial charge in [0.1, 0.15) is 11.6 Å². The first kappa shape index (κ1) is 30.4. The summed E-state index contributed by atoms with van der Waals surface area (Å²) in [6.07, 6.45) is 12.2. The fourth-order valence-electron chi connectivity index (χ4n) is 5.94. The fourth-order valence-corrected chi connectivity index (χ4v) is 6.06. The van der Waals surface area contributed by atoms with Gasteiger partial charge in [-0.15, -0.1) is 12.4 Å². The number of halogens is 2. The number of imidazole rings is 1. The van der Waals surface area contributed by atoms with E-state index in [-0.39, 0.29) is 30.0 Å². The molecule has 0 bridgehead atoms. The Balaban J connectivity index is 0.00000370. The lowest BCUT2D eigenvalue weighted by molar-refractivity contribution is -0.126. The summed E-state index contributed by atoms with van der Waals surface area (Å²) < 4.78 is 0. The van der Waals surface area contributed by atoms with Crippen molar-refractivity contribution in [3.05, 3.63) is 53.6 Å². The number of aromatic hydroxyl groups is 1. The Bertz CT molecular complexity index is 1270. The normalized spacial score (nSPS) is 17.4. The Morgan fingerprint density at radius 2 is 1.77 bits per heavy atom. The van der Waals surface area contributed by atoms with Crippen LogP contribution in [0.4, 0.5) is 0 Å². The summed E-state index contributed by atoms with van der Waals surface area (Å²) in [4.78, 5) is 28.3. The Labute approximate surface area is 248 Å². The van der Waals surface area contributed by atoms with Gasteiger partial charge in [0, 0.05) is 47.9 Å². The predicted molar refractivity (Wildman–Crippen MR) is 163 cm³/mol. The highest BCUT2D eigenvalue weighted by molar-refractivity contribution is 6.32. The monoisotopic (exact) mass is 585 g/mol. The molecule has 1 aliphatic heterocycles. The van der Waals surface area contributed by atoms with Gasteiger partial charge in [0.15, 0.2) is 0 Å². The lowest BCUT2D eigenvalue weighted by Gasteiger charge is -2.35. The Hall–Kier alpha value is -2.61. The molecule has 1 saturated carbocycles. The average Bonchev–Trinajstić information content (AvgIpc) is 3.41. The molecule has 7 nitrogen and oxygen atoms in total. The molecule has 1 aliphatic carbocycles. The number of carbonyl (C=O) groups is 1. The highest BCUT2D eigenvalue weighted by Gasteiger charge is 2.31. The van der Waals surface area contributed by atoms with Gasteiger partial charge < -0.3 is 20.3 Å². The third-order valence-electron chi connectivity index (χ3n) is 8.44. The van der Waals surface area contributed by atoms with Crippen LogP contribution < -0.4 is 5.32 Å². The number of carbonyl (C=O) groups excluding carboxylic acids is 1. The van der Waals surface area contributed by atoms with Crippen molar-refractivity contribution in [1.82, 2.24) is 25.2 Å². The highest BCUT2D eigenvalue weighted by Crippen LogP contribution is 2.36. The summed E-state index contributed by atoms with van der Waals surface area (Å²) in [5.41, 5.74) is 2.80. The molecule has 0 radical (unpaired) electrons. The number of nitrogens with zero attached hydrogens (tertiary/aromatic N) is 3. The molecule has 216 valence electrons. The van der Waals surface area contributed by atoms with Crippen LogP contribution in [0.2, 0.25) is 5.02 Å². The molecule has 0 spiro atoms. The number of nitrogens with one attached hydrogen (secondary N) is 2. The van der Waals surface area contributed by atoms with Gasteiger partial charge in [-0.25, -0.2) is 4.98 Å². The second-order valence-electron chi connectivity index (χ2n) is 11.9. The maximum atomic E-state index is 13.1. The molecule has 3 aromatic rings. The minimum absolute atomic E-state index is 0. The molecule has 0 unspecified atom stereocenters. The van der Waals surface area contributed by atoms with E-state index in [0.29, 0.717) is 17.3 Å². The molecule has 2 aromatic heterocycles. The van der Waals surface area contributed by atoms with Crippen LogP contribution in [-0.4, -0.2) is 57.0 Å². The third-order valence-corrected chi connectivity index (χ3v) is 8.76. The minimum atomic E-state index is -0.439. The third kappa shape index (κ3) is 7.17. The van der Waals surface area contributed by atoms with Crippen molar-refractivity contribution in [3.63, 3.8) is 0 Å². The predicted octanol–water partition coefficient (Wildman–Crippen LogP) is 6.61. The van der Waals surface area contributed by atoms with Gasteiger partial charge in [0.25, 0.3) is 0 Å². The van der Waals surface area contributed by atoms with E-state index in [0.717, 1.165) is 54.5 Å². The molecule has 5 rings (SSSR count). The number of aromatic nitrogens is 3. The summed E-state index contributed by atoms with van der Waals surface area (Å²) in [7, 11) is 0. The number of phenolic OH excluding ortho intramolecular Hbond substituents is 1. The van der Waals surface area contributed by atoms with Gasteiger partial charge in [0.05, 0.1) is 16.4 Å². The highest BCUT2D eigenvalue weighted by atomic mass is 35.5. The number of hydrogen-bond acceptors (Lipinski definition) is 5. The Morgan fingerprint density at radius 3 is 2.45 bits per heavy atom. The van der Waals surface area contributed by atoms with E-state index < -0.39 is 5.41 Å². The van der Waals surface area contributed by atoms with Crippen LogP contribution >= 0.6 is 24.0 Å². The zero-order chi connectivity index (χ0) is 27.4. The number of amides is 1. The van der Waals surface area contributed by atoms with E-state index >= 15 is 0 Å². The lowest BCUT2D eigenvalue weighted by Crippen LogP contribution is -2.45. The van der Waals surface area contributed by atoms with Crippen molar-refractivity contribution in [2.24, 2.45) is 11.8 Å². The number of benzene rings is 1. The van der Waals surface area contributed by atoms with E-state index in [2.05, 4.69) is 34.0 Å². The summed E-state index contributed by atoms with van der Waals surface area (Å²) in [5, 5.41) is 13.7. The van der Waals surface area contributed by atoms with Gasteiger partial charge in [-0.3, -0.25) is 9.78 Å². The summed E-state index contributed by atoms with van der Waals surface area (Å²) in [6.45, 7) is 7.87. The zero-order valence-corrected chi connectivity index (χ0v) is 25.0. The minimum Gasteiger partial charge on any atom is -0.506 e. The number of rotatable bonds is 8. The van der Waals surface area contributed by atoms with Crippen LogP contribution in [0.15, 0.2) is 42.7 Å².